The summed E-state index contributed by atoms with van der Waals surface area (Å²) in [6.07, 6.45) is 4.80. The van der Waals surface area contributed by atoms with Gasteiger partial charge in [-0.25, -0.2) is 19.8 Å². The fraction of sp³-hybridized carbons (Fsp3) is 0.500. The number of carbonyl (C=O) groups excluding carboxylic acids is 4. The van der Waals surface area contributed by atoms with Gasteiger partial charge in [-0.05, 0) is 82.5 Å². The average molecular weight is 1250 g/mol. The minimum Gasteiger partial charge on any atom is -1.00 e. The fourth-order valence-corrected chi connectivity index (χ4v) is 5.22. The Kier molecular flexibility index (Phi) is 96.4. The molecule has 4 aromatic carbocycles. The largest absolute Gasteiger partial charge is 1.00 e. The van der Waals surface area contributed by atoms with E-state index < -0.39 is 5.97 Å². The van der Waals surface area contributed by atoms with Crippen molar-refractivity contribution in [2.24, 2.45) is 20.7 Å². The number of aliphatic imine (C=N–C) groups is 3. The smallest absolute Gasteiger partial charge is 0.314 e. The van der Waals surface area contributed by atoms with E-state index in [1.54, 1.807) is 24.3 Å². The summed E-state index contributed by atoms with van der Waals surface area (Å²) in [7, 11) is 12.7. The molecule has 0 heterocycles. The average Bonchev–Trinajstić information content (AvgIpc) is 3.38. The zero-order valence-corrected chi connectivity index (χ0v) is 53.0. The van der Waals surface area contributed by atoms with Gasteiger partial charge >= 0.3 is 12.0 Å². The lowest BCUT2D eigenvalue weighted by Crippen LogP contribution is -3.05. The number of hydrogen-bond donors (Lipinski definition) is 10. The minimum atomic E-state index is -1.08. The Labute approximate surface area is 527 Å². The van der Waals surface area contributed by atoms with Gasteiger partial charge in [-0.1, -0.05) is 112 Å². The van der Waals surface area contributed by atoms with Crippen LogP contribution in [0.25, 0.3) is 0 Å². The number of nitrogens with two attached hydrogens (primary N) is 1. The lowest BCUT2D eigenvalue weighted by molar-refractivity contribution is -0.858. The number of ether oxygens (including phenoxy) is 1. The number of amidine groups is 1. The molecule has 4 aromatic rings. The molecule has 4 rings (SSSR count). The van der Waals surface area contributed by atoms with Crippen molar-refractivity contribution in [1.82, 2.24) is 21.3 Å². The number of aliphatic carboxylic acids is 1. The summed E-state index contributed by atoms with van der Waals surface area (Å²) in [6.45, 7) is 18.7. The van der Waals surface area contributed by atoms with Crippen LogP contribution in [0.15, 0.2) is 136 Å². The molecule has 0 spiro atoms. The highest BCUT2D eigenvalue weighted by Gasteiger charge is 2.02. The highest BCUT2D eigenvalue weighted by Crippen LogP contribution is 2.10. The molecule has 0 atom stereocenters. The number of phenolic OH excluding ortho intramolecular Hbond substituents is 2. The van der Waals surface area contributed by atoms with Crippen LogP contribution in [0.5, 0.6) is 11.5 Å². The SMILES string of the molecule is C.C.CC(=O)NCCc1ccc(O)cc1.CC(=O)[O-].CCN=C=NCCC[NH+](C)C.CCNC(=NCCC[NH+](C)C)OC(C)=O.CCNC(=O)NCCC[NH+](C)C.F.NCCc1ccc(O)cc1.[2HH].[B].[Cl-].[Cl-].[Cl-].c1ccccc1.c1ccccc1. The number of quaternary nitrogens is 3. The summed E-state index contributed by atoms with van der Waals surface area (Å²) >= 11 is 0. The second kappa shape index (κ2) is 78.8. The standard InChI is InChI=1S/C10H21N3O2.C10H13NO2.C8H19N3O.C8H17N3.C8H11NO.2C6H6.C2H4O2.2CH4.B.3ClH.FH.H2/c1-5-11-10(15-9(2)14)12-7-6-8-13(3)4;1-8(12)11-7-6-9-2-4-10(13)5-3-9;1-4-9-8(12)10-6-5-7-11(2)3;1-4-9-8-10-6-5-7-11(2)3;9-6-5-7-1-3-8(10)4-2-7;2*1-2-4-6-5-3-1;1-2(3)4;;;;;;;;/h5-8H2,1-4H3,(H,11,12);2-5,13H,6-7H2,1H3,(H,11,12);4-7H2,1-3H3,(H2,9,10,12);4-7H2,1-3H3;1-4,10H,5-6,9H2;2*1-6H;1H3,(H,3,4);2*1H4;;5*1H/p-1/i;;;;;;;;;;;;;;;1+1. The van der Waals surface area contributed by atoms with Crippen LogP contribution in [-0.4, -0.2) is 169 Å². The molecule has 0 aliphatic rings. The maximum absolute atomic E-state index is 10.9. The van der Waals surface area contributed by atoms with Gasteiger partial charge in [-0.3, -0.25) is 14.3 Å². The number of halogens is 4. The topological polar surface area (TPSA) is 266 Å². The number of urea groups is 1. The second-order valence-corrected chi connectivity index (χ2v) is 17.4. The van der Waals surface area contributed by atoms with Gasteiger partial charge in [0.25, 0.3) is 6.02 Å². The molecule has 0 fully saturated rings. The number of esters is 1. The maximum Gasteiger partial charge on any atom is 0.314 e. The number of carboxylic acid groups (broad SMARTS) is 1. The summed E-state index contributed by atoms with van der Waals surface area (Å²) in [5, 5.41) is 37.8. The van der Waals surface area contributed by atoms with E-state index in [1.165, 1.54) is 34.1 Å². The van der Waals surface area contributed by atoms with Crippen molar-refractivity contribution in [2.45, 2.75) is 88.5 Å². The van der Waals surface area contributed by atoms with Crippen LogP contribution < -0.4 is 84.0 Å². The van der Waals surface area contributed by atoms with E-state index in [1.807, 2.05) is 118 Å². The van der Waals surface area contributed by atoms with E-state index in [2.05, 4.69) is 84.5 Å². The molecule has 485 valence electrons. The third-order valence-corrected chi connectivity index (χ3v) is 8.81. The van der Waals surface area contributed by atoms with Crippen LogP contribution in [0.3, 0.4) is 0 Å². The number of carbonyl (C=O) groups is 4. The van der Waals surface area contributed by atoms with Crippen LogP contribution in [0.4, 0.5) is 9.50 Å². The first-order chi connectivity index (χ1) is 36.7. The van der Waals surface area contributed by atoms with Crippen molar-refractivity contribution in [3.8, 4) is 11.5 Å². The number of nitrogens with zero attached hydrogens (tertiary/aromatic N) is 3. The maximum atomic E-state index is 10.9. The molecule has 0 aliphatic carbocycles. The Morgan fingerprint density at radius 2 is 0.952 bits per heavy atom. The lowest BCUT2D eigenvalue weighted by Gasteiger charge is -2.08. The Bertz CT molecular complexity index is 1990. The summed E-state index contributed by atoms with van der Waals surface area (Å²) in [5.74, 6) is -0.865. The molecule has 19 nitrogen and oxygen atoms in total. The molecule has 11 N–H and O–H groups in total. The van der Waals surface area contributed by atoms with Crippen molar-refractivity contribution < 1.29 is 97.3 Å². The zero-order chi connectivity index (χ0) is 58.7. The zero-order valence-electron chi connectivity index (χ0n) is 50.7. The van der Waals surface area contributed by atoms with Crippen LogP contribution in [0, 0.1) is 0 Å². The van der Waals surface area contributed by atoms with Crippen LogP contribution in [0.2, 0.25) is 0 Å². The van der Waals surface area contributed by atoms with E-state index in [0.717, 1.165) is 83.9 Å². The van der Waals surface area contributed by atoms with Gasteiger partial charge in [0, 0.05) is 88.2 Å². The molecule has 3 radical (unpaired) electrons. The second-order valence-electron chi connectivity index (χ2n) is 17.4. The number of benzene rings is 4. The van der Waals surface area contributed by atoms with E-state index in [4.69, 9.17) is 30.6 Å². The van der Waals surface area contributed by atoms with Gasteiger partial charge in [0.2, 0.25) is 5.91 Å². The molecule has 24 heteroatoms. The molecule has 0 saturated carbocycles. The van der Waals surface area contributed by atoms with Crippen LogP contribution in [0.1, 0.15) is 88.2 Å². The molecule has 0 bridgehead atoms. The first-order valence-electron chi connectivity index (χ1n) is 26.3. The Morgan fingerprint density at radius 3 is 1.29 bits per heavy atom. The Hall–Kier alpha value is -6.29. The number of rotatable bonds is 20. The fourth-order valence-electron chi connectivity index (χ4n) is 5.22. The third-order valence-electron chi connectivity index (χ3n) is 8.81. The van der Waals surface area contributed by atoms with E-state index in [9.17, 15) is 14.4 Å². The van der Waals surface area contributed by atoms with Gasteiger partial charge in [0.05, 0.1) is 74.5 Å². The summed E-state index contributed by atoms with van der Waals surface area (Å²) < 4.78 is 4.89. The van der Waals surface area contributed by atoms with Crippen LogP contribution >= 0.6 is 0 Å². The first kappa shape index (κ1) is 103. The monoisotopic (exact) mass is 1250 g/mol. The Morgan fingerprint density at radius 1 is 0.583 bits per heavy atom. The van der Waals surface area contributed by atoms with Crippen LogP contribution in [-0.2, 0) is 32.0 Å². The molecular weight excluding hydrogens is 1140 g/mol. The number of hydrogen-bond acceptors (Lipinski definition) is 12. The van der Waals surface area contributed by atoms with E-state index in [0.29, 0.717) is 44.5 Å². The Balaban J connectivity index is -0.0000000722. The van der Waals surface area contributed by atoms with E-state index >= 15 is 0 Å². The highest BCUT2D eigenvalue weighted by atomic mass is 35.5. The van der Waals surface area contributed by atoms with Gasteiger partial charge < -0.3 is 104 Å². The minimum absolute atomic E-state index is 0. The van der Waals surface area contributed by atoms with Gasteiger partial charge in [0.15, 0.2) is 0 Å². The van der Waals surface area contributed by atoms with Gasteiger partial charge in [0.1, 0.15) is 11.5 Å². The summed E-state index contributed by atoms with van der Waals surface area (Å²) in [5.41, 5.74) is 7.61. The summed E-state index contributed by atoms with van der Waals surface area (Å²) in [6, 6.07) is 41.0. The van der Waals surface area contributed by atoms with Crippen molar-refractivity contribution in [3.63, 3.8) is 0 Å². The van der Waals surface area contributed by atoms with Crippen molar-refractivity contribution in [3.05, 3.63) is 132 Å². The van der Waals surface area contributed by atoms with Crippen molar-refractivity contribution >= 4 is 44.3 Å². The molecule has 0 aromatic heterocycles. The molecule has 0 unspecified atom stereocenters. The third kappa shape index (κ3) is 95.0. The van der Waals surface area contributed by atoms with Gasteiger partial charge in [-0.15, -0.1) is 0 Å². The normalized spacial score (nSPS) is 8.83. The molecule has 0 saturated heterocycles. The first-order valence-corrected chi connectivity index (χ1v) is 26.3. The molecular formula is C60H110BCl3FN11O8-. The van der Waals surface area contributed by atoms with E-state index in [-0.39, 0.29) is 90.3 Å². The predicted octanol–water partition coefficient (Wildman–Crippen LogP) is -6.00. The molecule has 84 heavy (non-hydrogen) atoms. The number of carboxylic acids is 1. The predicted molar refractivity (Wildman–Crippen MR) is 336 cm³/mol. The van der Waals surface area contributed by atoms with Gasteiger partial charge in [-0.2, -0.15) is 0 Å². The highest BCUT2D eigenvalue weighted by molar-refractivity contribution is 5.86. The number of amides is 3. The van der Waals surface area contributed by atoms with Crippen molar-refractivity contribution in [2.75, 3.05) is 114 Å². The number of aromatic hydroxyl groups is 2. The number of nitrogens with one attached hydrogen (secondary N) is 7. The quantitative estimate of drug-likeness (QED) is 0.0132. The number of phenols is 2. The molecule has 0 aliphatic heterocycles. The molecule has 3 amide bonds. The summed E-state index contributed by atoms with van der Waals surface area (Å²) in [4.78, 5) is 57.3. The van der Waals surface area contributed by atoms with Crippen molar-refractivity contribution in [1.29, 1.82) is 0 Å². The lowest BCUT2D eigenvalue weighted by atomic mass is 10.1.